The highest BCUT2D eigenvalue weighted by molar-refractivity contribution is 14.1. The van der Waals surface area contributed by atoms with Crippen molar-refractivity contribution in [1.29, 1.82) is 0 Å². The molecule has 0 saturated carbocycles. The highest BCUT2D eigenvalue weighted by Gasteiger charge is 2.35. The molecule has 0 spiro atoms. The van der Waals surface area contributed by atoms with Crippen molar-refractivity contribution in [3.05, 3.63) is 113 Å². The van der Waals surface area contributed by atoms with Crippen LogP contribution < -0.4 is 19.6 Å². The molecule has 9 heteroatoms. The number of aromatic nitrogens is 1. The lowest BCUT2D eigenvalue weighted by Crippen LogP contribution is -2.40. The van der Waals surface area contributed by atoms with E-state index in [1.54, 1.807) is 42.9 Å². The van der Waals surface area contributed by atoms with Gasteiger partial charge in [-0.2, -0.15) is 0 Å². The van der Waals surface area contributed by atoms with Gasteiger partial charge in [-0.15, -0.1) is 0 Å². The van der Waals surface area contributed by atoms with Crippen LogP contribution in [0.5, 0.6) is 5.75 Å². The van der Waals surface area contributed by atoms with Gasteiger partial charge < -0.3 is 13.9 Å². The molecule has 3 heterocycles. The molecule has 0 radical (unpaired) electrons. The minimum Gasteiger partial charge on any atom is -0.497 e. The van der Waals surface area contributed by atoms with Gasteiger partial charge >= 0.3 is 5.97 Å². The number of carbonyl (C=O) groups excluding carboxylic acids is 1. The summed E-state index contributed by atoms with van der Waals surface area (Å²) in [6, 6.07) is 19.7. The number of rotatable bonds is 6. The summed E-state index contributed by atoms with van der Waals surface area (Å²) in [4.78, 5) is 32.5. The number of methoxy groups -OCH3 is 1. The Morgan fingerprint density at radius 1 is 1.14 bits per heavy atom. The third-order valence-electron chi connectivity index (χ3n) is 5.67. The van der Waals surface area contributed by atoms with Crippen LogP contribution >= 0.6 is 33.9 Å². The van der Waals surface area contributed by atoms with E-state index in [0.29, 0.717) is 32.1 Å². The topological polar surface area (TPSA) is 83.0 Å². The quantitative estimate of drug-likeness (QED) is 0.242. The zero-order valence-corrected chi connectivity index (χ0v) is 22.4. The van der Waals surface area contributed by atoms with Gasteiger partial charge in [0.15, 0.2) is 8.57 Å². The molecular formula is C27H21IN2O5S. The molecule has 0 amide bonds. The van der Waals surface area contributed by atoms with E-state index in [-0.39, 0.29) is 12.2 Å². The lowest BCUT2D eigenvalue weighted by Gasteiger charge is -2.26. The van der Waals surface area contributed by atoms with Gasteiger partial charge in [0.1, 0.15) is 11.5 Å². The maximum absolute atomic E-state index is 13.7. The van der Waals surface area contributed by atoms with Crippen molar-refractivity contribution in [3.63, 3.8) is 0 Å². The van der Waals surface area contributed by atoms with Gasteiger partial charge in [-0.3, -0.25) is 9.36 Å². The van der Waals surface area contributed by atoms with Crippen LogP contribution in [0.4, 0.5) is 0 Å². The SMILES string of the molecule is CCOC(=O)C1=C(c2ccccc2)N=c2s/c(=C\c3ccc(I)o3)c(=O)n2[C@H]1c1ccc(OC)cc1. The number of ether oxygens (including phenoxy) is 2. The fourth-order valence-corrected chi connectivity index (χ4v) is 5.49. The fourth-order valence-electron chi connectivity index (χ4n) is 4.08. The first-order valence-corrected chi connectivity index (χ1v) is 13.1. The first-order valence-electron chi connectivity index (χ1n) is 11.2. The van der Waals surface area contributed by atoms with Gasteiger partial charge in [0.25, 0.3) is 5.56 Å². The average Bonchev–Trinajstić information content (AvgIpc) is 3.45. The van der Waals surface area contributed by atoms with Crippen LogP contribution in [0.25, 0.3) is 11.8 Å². The Morgan fingerprint density at radius 2 is 1.89 bits per heavy atom. The Hall–Kier alpha value is -3.44. The third-order valence-corrected chi connectivity index (χ3v) is 7.24. The first kappa shape index (κ1) is 24.3. The highest BCUT2D eigenvalue weighted by Crippen LogP contribution is 2.35. The molecule has 1 aliphatic heterocycles. The standard InChI is InChI=1S/C27H21IN2O5S/c1-3-34-26(32)22-23(16-7-5-4-6-8-16)29-27-30(24(22)17-9-11-18(33-2)12-10-17)25(31)20(36-27)15-19-13-14-21(28)35-19/h4-15,24H,3H2,1-2H3/b20-15-/t24-/m0/s1. The Labute approximate surface area is 224 Å². The number of hydrogen-bond acceptors (Lipinski definition) is 7. The summed E-state index contributed by atoms with van der Waals surface area (Å²) in [6.07, 6.45) is 1.70. The molecule has 0 unspecified atom stereocenters. The van der Waals surface area contributed by atoms with Crippen molar-refractivity contribution in [2.75, 3.05) is 13.7 Å². The first-order chi connectivity index (χ1) is 17.5. The molecular weight excluding hydrogens is 591 g/mol. The van der Waals surface area contributed by atoms with Crippen LogP contribution in [0.2, 0.25) is 0 Å². The van der Waals surface area contributed by atoms with E-state index in [2.05, 4.69) is 22.6 Å². The Bertz CT molecular complexity index is 1630. The summed E-state index contributed by atoms with van der Waals surface area (Å²) < 4.78 is 19.2. The van der Waals surface area contributed by atoms with Crippen LogP contribution in [0, 0.1) is 3.77 Å². The van der Waals surface area contributed by atoms with Crippen LogP contribution in [-0.4, -0.2) is 24.3 Å². The number of fused-ring (bicyclic) bond motifs is 1. The van der Waals surface area contributed by atoms with E-state index >= 15 is 0 Å². The smallest absolute Gasteiger partial charge is 0.338 e. The van der Waals surface area contributed by atoms with Crippen LogP contribution in [-0.2, 0) is 9.53 Å². The molecule has 1 atom stereocenters. The number of benzene rings is 2. The van der Waals surface area contributed by atoms with Crippen LogP contribution in [0.1, 0.15) is 29.9 Å². The molecule has 182 valence electrons. The summed E-state index contributed by atoms with van der Waals surface area (Å²) >= 11 is 3.33. The second-order valence-corrected chi connectivity index (χ2v) is 9.92. The van der Waals surface area contributed by atoms with Gasteiger partial charge in [-0.25, -0.2) is 9.79 Å². The summed E-state index contributed by atoms with van der Waals surface area (Å²) in [7, 11) is 1.59. The Kier molecular flexibility index (Phi) is 6.92. The number of nitrogens with zero attached hydrogens (tertiary/aromatic N) is 2. The molecule has 0 fully saturated rings. The Morgan fingerprint density at radius 3 is 2.53 bits per heavy atom. The third kappa shape index (κ3) is 4.56. The molecule has 2 aromatic heterocycles. The lowest BCUT2D eigenvalue weighted by atomic mass is 9.93. The second kappa shape index (κ2) is 10.3. The van der Waals surface area contributed by atoms with Crippen LogP contribution in [0.3, 0.4) is 0 Å². The summed E-state index contributed by atoms with van der Waals surface area (Å²) in [5, 5.41) is 0. The van der Waals surface area contributed by atoms with Gasteiger partial charge in [-0.1, -0.05) is 53.8 Å². The molecule has 0 N–H and O–H groups in total. The monoisotopic (exact) mass is 612 g/mol. The minimum absolute atomic E-state index is 0.196. The zero-order valence-electron chi connectivity index (χ0n) is 19.4. The lowest BCUT2D eigenvalue weighted by molar-refractivity contribution is -0.138. The van der Waals surface area contributed by atoms with Gasteiger partial charge in [-0.05, 0) is 59.3 Å². The molecule has 7 nitrogen and oxygen atoms in total. The number of thiazole rings is 1. The van der Waals surface area contributed by atoms with Crippen molar-refractivity contribution in [1.82, 2.24) is 4.57 Å². The number of halogens is 1. The van der Waals surface area contributed by atoms with Crippen molar-refractivity contribution < 1.29 is 18.7 Å². The molecule has 36 heavy (non-hydrogen) atoms. The number of hydrogen-bond donors (Lipinski definition) is 0. The van der Waals surface area contributed by atoms with Gasteiger partial charge in [0.2, 0.25) is 0 Å². The summed E-state index contributed by atoms with van der Waals surface area (Å²) in [5.74, 6) is 0.720. The minimum atomic E-state index is -0.736. The molecule has 5 rings (SSSR count). The number of esters is 1. The van der Waals surface area contributed by atoms with Crippen molar-refractivity contribution in [2.45, 2.75) is 13.0 Å². The molecule has 0 bridgehead atoms. The van der Waals surface area contributed by atoms with Crippen molar-refractivity contribution in [2.24, 2.45) is 4.99 Å². The van der Waals surface area contributed by atoms with E-state index in [4.69, 9.17) is 18.9 Å². The van der Waals surface area contributed by atoms with Gasteiger partial charge in [0.05, 0.1) is 35.6 Å². The molecule has 0 saturated heterocycles. The normalized spacial score (nSPS) is 15.4. The van der Waals surface area contributed by atoms with Crippen molar-refractivity contribution >= 4 is 51.7 Å². The van der Waals surface area contributed by atoms with Crippen LogP contribution in [0.15, 0.2) is 86.5 Å². The van der Waals surface area contributed by atoms with E-state index in [1.807, 2.05) is 48.5 Å². The predicted molar refractivity (Wildman–Crippen MR) is 145 cm³/mol. The maximum atomic E-state index is 13.7. The highest BCUT2D eigenvalue weighted by atomic mass is 127. The predicted octanol–water partition coefficient (Wildman–Crippen LogP) is 4.14. The average molecular weight is 612 g/mol. The Balaban J connectivity index is 1.82. The molecule has 2 aromatic carbocycles. The zero-order chi connectivity index (χ0) is 25.2. The van der Waals surface area contributed by atoms with E-state index in [1.165, 1.54) is 11.3 Å². The van der Waals surface area contributed by atoms with E-state index in [0.717, 1.165) is 14.9 Å². The largest absolute Gasteiger partial charge is 0.497 e. The molecule has 1 aliphatic rings. The second-order valence-electron chi connectivity index (χ2n) is 7.85. The van der Waals surface area contributed by atoms with Gasteiger partial charge in [0, 0.05) is 11.6 Å². The van der Waals surface area contributed by atoms with Crippen molar-refractivity contribution in [3.8, 4) is 5.75 Å². The fraction of sp³-hybridized carbons (Fsp3) is 0.148. The van der Waals surface area contributed by atoms with E-state index < -0.39 is 12.0 Å². The summed E-state index contributed by atoms with van der Waals surface area (Å²) in [6.45, 7) is 1.95. The summed E-state index contributed by atoms with van der Waals surface area (Å²) in [5.41, 5.74) is 2.02. The molecule has 0 aliphatic carbocycles. The number of carbonyl (C=O) groups is 1. The maximum Gasteiger partial charge on any atom is 0.338 e. The van der Waals surface area contributed by atoms with E-state index in [9.17, 15) is 9.59 Å². The number of furan rings is 1. The molecule has 4 aromatic rings.